The highest BCUT2D eigenvalue weighted by atomic mass is 35.5. The van der Waals surface area contributed by atoms with Crippen molar-refractivity contribution in [2.75, 3.05) is 18.4 Å². The van der Waals surface area contributed by atoms with Crippen LogP contribution in [0.25, 0.3) is 0 Å². The number of nitrogens with one attached hydrogen (secondary N) is 1. The number of hydrogen-bond donors (Lipinski definition) is 1. The molecule has 1 aliphatic rings. The number of anilines is 1. The molecule has 1 aliphatic heterocycles. The third-order valence-corrected chi connectivity index (χ3v) is 4.54. The van der Waals surface area contributed by atoms with Crippen LogP contribution in [0.1, 0.15) is 18.4 Å². The number of carbonyl (C=O) groups excluding carboxylic acids is 1. The zero-order valence-electron chi connectivity index (χ0n) is 13.3. The van der Waals surface area contributed by atoms with Crippen molar-refractivity contribution in [3.8, 4) is 0 Å². The lowest BCUT2D eigenvalue weighted by molar-refractivity contribution is -0.121. The maximum atomic E-state index is 13.2. The minimum Gasteiger partial charge on any atom is -0.326 e. The number of nitrogens with zero attached hydrogens (tertiary/aromatic N) is 1. The summed E-state index contributed by atoms with van der Waals surface area (Å²) in [5, 5.41) is 3.55. The standard InChI is InChI=1S/C19H20ClFN2O/c20-16-8-6-14(7-9-16)12-23-10-2-3-15(13-23)19(24)22-18-5-1-4-17(21)11-18/h1,4-9,11,15H,2-3,10,12-13H2,(H,22,24). The maximum Gasteiger partial charge on any atom is 0.228 e. The summed E-state index contributed by atoms with van der Waals surface area (Å²) in [6.45, 7) is 2.50. The van der Waals surface area contributed by atoms with E-state index in [1.54, 1.807) is 12.1 Å². The van der Waals surface area contributed by atoms with Crippen molar-refractivity contribution in [3.05, 3.63) is 64.9 Å². The second-order valence-corrected chi connectivity index (χ2v) is 6.64. The van der Waals surface area contributed by atoms with E-state index >= 15 is 0 Å². The summed E-state index contributed by atoms with van der Waals surface area (Å²) in [7, 11) is 0. The molecule has 1 unspecified atom stereocenters. The van der Waals surface area contributed by atoms with Crippen LogP contribution < -0.4 is 5.32 Å². The van der Waals surface area contributed by atoms with Crippen LogP contribution in [0.5, 0.6) is 0 Å². The Balaban J connectivity index is 1.58. The molecule has 2 aromatic rings. The zero-order chi connectivity index (χ0) is 16.9. The Morgan fingerprint density at radius 3 is 2.79 bits per heavy atom. The Morgan fingerprint density at radius 2 is 2.04 bits per heavy atom. The monoisotopic (exact) mass is 346 g/mol. The van der Waals surface area contributed by atoms with Gasteiger partial charge in [-0.2, -0.15) is 0 Å². The molecular formula is C19H20ClFN2O. The van der Waals surface area contributed by atoms with Gasteiger partial charge in [0.05, 0.1) is 5.92 Å². The first-order valence-electron chi connectivity index (χ1n) is 8.13. The van der Waals surface area contributed by atoms with Crippen LogP contribution in [0.15, 0.2) is 48.5 Å². The zero-order valence-corrected chi connectivity index (χ0v) is 14.1. The van der Waals surface area contributed by atoms with Crippen LogP contribution in [0.2, 0.25) is 5.02 Å². The predicted octanol–water partition coefficient (Wildman–Crippen LogP) is 4.33. The highest BCUT2D eigenvalue weighted by Crippen LogP contribution is 2.21. The van der Waals surface area contributed by atoms with Gasteiger partial charge in [-0.05, 0) is 55.3 Å². The Kier molecular flexibility index (Phi) is 5.48. The number of rotatable bonds is 4. The van der Waals surface area contributed by atoms with Gasteiger partial charge in [-0.1, -0.05) is 29.8 Å². The first kappa shape index (κ1) is 16.9. The number of hydrogen-bond acceptors (Lipinski definition) is 2. The van der Waals surface area contributed by atoms with Crippen LogP contribution in [0, 0.1) is 11.7 Å². The number of carbonyl (C=O) groups is 1. The average Bonchev–Trinajstić information content (AvgIpc) is 2.57. The Labute approximate surface area is 146 Å². The van der Waals surface area contributed by atoms with Gasteiger partial charge in [0.1, 0.15) is 5.82 Å². The minimum atomic E-state index is -0.346. The molecule has 126 valence electrons. The van der Waals surface area contributed by atoms with E-state index in [1.165, 1.54) is 17.7 Å². The Morgan fingerprint density at radius 1 is 1.25 bits per heavy atom. The van der Waals surface area contributed by atoms with Crippen molar-refractivity contribution in [3.63, 3.8) is 0 Å². The van der Waals surface area contributed by atoms with E-state index in [0.717, 1.165) is 31.0 Å². The topological polar surface area (TPSA) is 32.3 Å². The van der Waals surface area contributed by atoms with E-state index in [9.17, 15) is 9.18 Å². The molecule has 0 spiro atoms. The van der Waals surface area contributed by atoms with E-state index < -0.39 is 0 Å². The van der Waals surface area contributed by atoms with Crippen LogP contribution in [-0.4, -0.2) is 23.9 Å². The summed E-state index contributed by atoms with van der Waals surface area (Å²) in [4.78, 5) is 14.7. The largest absolute Gasteiger partial charge is 0.326 e. The molecule has 0 bridgehead atoms. The van der Waals surface area contributed by atoms with Crippen molar-refractivity contribution in [1.82, 2.24) is 4.90 Å². The van der Waals surface area contributed by atoms with Crippen LogP contribution >= 0.6 is 11.6 Å². The molecule has 3 nitrogen and oxygen atoms in total. The lowest BCUT2D eigenvalue weighted by Crippen LogP contribution is -2.40. The number of likely N-dealkylation sites (tertiary alicyclic amines) is 1. The van der Waals surface area contributed by atoms with E-state index in [4.69, 9.17) is 11.6 Å². The lowest BCUT2D eigenvalue weighted by Gasteiger charge is -2.32. The molecule has 0 aromatic heterocycles. The molecule has 2 aromatic carbocycles. The van der Waals surface area contributed by atoms with Gasteiger partial charge in [-0.3, -0.25) is 9.69 Å². The van der Waals surface area contributed by atoms with Gasteiger partial charge in [0.25, 0.3) is 0 Å². The Bertz CT molecular complexity index is 705. The van der Waals surface area contributed by atoms with Gasteiger partial charge < -0.3 is 5.32 Å². The smallest absolute Gasteiger partial charge is 0.228 e. The van der Waals surface area contributed by atoms with E-state index in [2.05, 4.69) is 10.2 Å². The van der Waals surface area contributed by atoms with Crippen molar-refractivity contribution >= 4 is 23.2 Å². The summed E-state index contributed by atoms with van der Waals surface area (Å²) in [5.74, 6) is -0.462. The molecule has 1 saturated heterocycles. The molecule has 1 amide bonds. The normalized spacial score (nSPS) is 18.3. The first-order chi connectivity index (χ1) is 11.6. The lowest BCUT2D eigenvalue weighted by atomic mass is 9.96. The predicted molar refractivity (Wildman–Crippen MR) is 94.5 cm³/mol. The third-order valence-electron chi connectivity index (χ3n) is 4.29. The molecule has 0 aliphatic carbocycles. The van der Waals surface area contributed by atoms with Gasteiger partial charge in [0, 0.05) is 23.8 Å². The molecule has 5 heteroatoms. The van der Waals surface area contributed by atoms with Crippen molar-refractivity contribution in [2.45, 2.75) is 19.4 Å². The van der Waals surface area contributed by atoms with E-state index in [-0.39, 0.29) is 17.6 Å². The van der Waals surface area contributed by atoms with Gasteiger partial charge in [0.15, 0.2) is 0 Å². The summed E-state index contributed by atoms with van der Waals surface area (Å²) in [6.07, 6.45) is 1.84. The van der Waals surface area contributed by atoms with Crippen LogP contribution in [0.3, 0.4) is 0 Å². The summed E-state index contributed by atoms with van der Waals surface area (Å²) in [5.41, 5.74) is 1.69. The number of piperidine rings is 1. The van der Waals surface area contributed by atoms with Gasteiger partial charge in [0.2, 0.25) is 5.91 Å². The fraction of sp³-hybridized carbons (Fsp3) is 0.316. The molecule has 1 fully saturated rings. The second kappa shape index (κ2) is 7.77. The van der Waals surface area contributed by atoms with E-state index in [1.807, 2.05) is 24.3 Å². The SMILES string of the molecule is O=C(Nc1cccc(F)c1)C1CCCN(Cc2ccc(Cl)cc2)C1. The van der Waals surface area contributed by atoms with Gasteiger partial charge >= 0.3 is 0 Å². The fourth-order valence-electron chi connectivity index (χ4n) is 3.07. The number of benzene rings is 2. The molecule has 3 rings (SSSR count). The van der Waals surface area contributed by atoms with Crippen LogP contribution in [-0.2, 0) is 11.3 Å². The molecule has 24 heavy (non-hydrogen) atoms. The minimum absolute atomic E-state index is 0.0404. The van der Waals surface area contributed by atoms with Crippen molar-refractivity contribution in [1.29, 1.82) is 0 Å². The molecule has 1 N–H and O–H groups in total. The van der Waals surface area contributed by atoms with Crippen molar-refractivity contribution in [2.24, 2.45) is 5.92 Å². The van der Waals surface area contributed by atoms with Crippen LogP contribution in [0.4, 0.5) is 10.1 Å². The quantitative estimate of drug-likeness (QED) is 0.893. The summed E-state index contributed by atoms with van der Waals surface area (Å²) < 4.78 is 13.2. The van der Waals surface area contributed by atoms with E-state index in [0.29, 0.717) is 12.2 Å². The van der Waals surface area contributed by atoms with Gasteiger partial charge in [-0.25, -0.2) is 4.39 Å². The highest BCUT2D eigenvalue weighted by molar-refractivity contribution is 6.30. The third kappa shape index (κ3) is 4.56. The maximum absolute atomic E-state index is 13.2. The second-order valence-electron chi connectivity index (χ2n) is 6.20. The summed E-state index contributed by atoms with van der Waals surface area (Å²) >= 11 is 5.91. The molecule has 1 atom stereocenters. The number of amides is 1. The highest BCUT2D eigenvalue weighted by Gasteiger charge is 2.25. The summed E-state index contributed by atoms with van der Waals surface area (Å²) in [6, 6.07) is 13.8. The van der Waals surface area contributed by atoms with Crippen molar-refractivity contribution < 1.29 is 9.18 Å². The van der Waals surface area contributed by atoms with Gasteiger partial charge in [-0.15, -0.1) is 0 Å². The first-order valence-corrected chi connectivity index (χ1v) is 8.51. The molecule has 0 radical (unpaired) electrons. The fourth-order valence-corrected chi connectivity index (χ4v) is 3.20. The molecule has 0 saturated carbocycles. The number of halogens is 2. The molecular weight excluding hydrogens is 327 g/mol. The average molecular weight is 347 g/mol. The molecule has 1 heterocycles. The Hall–Kier alpha value is -1.91.